The van der Waals surface area contributed by atoms with E-state index in [2.05, 4.69) is 20.2 Å². The van der Waals surface area contributed by atoms with Crippen molar-refractivity contribution in [3.63, 3.8) is 0 Å². The minimum Gasteiger partial charge on any atom is -0.318 e. The van der Waals surface area contributed by atoms with Gasteiger partial charge < -0.3 is 4.90 Å². The van der Waals surface area contributed by atoms with E-state index in [1.54, 1.807) is 6.34 Å². The lowest BCUT2D eigenvalue weighted by Gasteiger charge is -2.13. The van der Waals surface area contributed by atoms with Crippen LogP contribution < -0.4 is 15.9 Å². The molecule has 98 valence electrons. The largest absolute Gasteiger partial charge is 0.318 e. The van der Waals surface area contributed by atoms with Gasteiger partial charge >= 0.3 is 0 Å². The molecule has 1 aromatic carbocycles. The highest BCUT2D eigenvalue weighted by molar-refractivity contribution is 6.00. The summed E-state index contributed by atoms with van der Waals surface area (Å²) in [5, 5.41) is 9.49. The first-order valence-corrected chi connectivity index (χ1v) is 6.36. The van der Waals surface area contributed by atoms with Crippen LogP contribution in [0.4, 0.5) is 5.82 Å². The number of hydrogen-bond donors (Lipinski definition) is 0. The second-order valence-corrected chi connectivity index (χ2v) is 4.72. The van der Waals surface area contributed by atoms with E-state index in [9.17, 15) is 0 Å². The predicted molar refractivity (Wildman–Crippen MR) is 77.3 cm³/mol. The Kier molecular flexibility index (Phi) is 2.29. The summed E-state index contributed by atoms with van der Waals surface area (Å²) in [6.45, 7) is 0.658. The van der Waals surface area contributed by atoms with Gasteiger partial charge in [-0.25, -0.2) is 4.99 Å². The van der Waals surface area contributed by atoms with Crippen molar-refractivity contribution in [1.82, 2.24) is 9.55 Å². The van der Waals surface area contributed by atoms with Crippen molar-refractivity contribution in [2.24, 2.45) is 15.2 Å². The van der Waals surface area contributed by atoms with Crippen molar-refractivity contribution in [1.29, 1.82) is 0 Å². The number of aliphatic imine (C=N–C) groups is 1. The molecular formula is C14H12N6. The Hall–Kier alpha value is -2.76. The van der Waals surface area contributed by atoms with Crippen LogP contribution in [0.5, 0.6) is 0 Å². The van der Waals surface area contributed by atoms with Gasteiger partial charge in [0.15, 0.2) is 5.82 Å². The molecule has 6 heteroatoms. The third-order valence-electron chi connectivity index (χ3n) is 3.41. The van der Waals surface area contributed by atoms with Crippen LogP contribution in [0.2, 0.25) is 0 Å². The summed E-state index contributed by atoms with van der Waals surface area (Å²) < 4.78 is 2.04. The molecule has 0 atom stereocenters. The van der Waals surface area contributed by atoms with Crippen molar-refractivity contribution >= 4 is 24.1 Å². The Labute approximate surface area is 115 Å². The molecule has 0 saturated carbocycles. The van der Waals surface area contributed by atoms with E-state index in [1.165, 1.54) is 0 Å². The van der Waals surface area contributed by atoms with Crippen LogP contribution in [0.25, 0.3) is 6.20 Å². The summed E-state index contributed by atoms with van der Waals surface area (Å²) in [5.41, 5.74) is 2.64. The van der Waals surface area contributed by atoms with E-state index in [0.717, 1.165) is 22.4 Å². The molecule has 3 heterocycles. The maximum absolute atomic E-state index is 4.49. The number of nitrogens with zero attached hydrogens (tertiary/aromatic N) is 6. The summed E-state index contributed by atoms with van der Waals surface area (Å²) in [6.07, 6.45) is 3.55. The zero-order chi connectivity index (χ0) is 13.5. The summed E-state index contributed by atoms with van der Waals surface area (Å²) >= 11 is 0. The molecule has 0 N–H and O–H groups in total. The molecule has 1 aromatic heterocycles. The van der Waals surface area contributed by atoms with Crippen LogP contribution in [-0.4, -0.2) is 28.6 Å². The topological polar surface area (TPSA) is 58.1 Å². The van der Waals surface area contributed by atoms with Gasteiger partial charge in [0, 0.05) is 7.05 Å². The number of benzene rings is 1. The molecule has 0 bridgehead atoms. The number of rotatable bonds is 1. The van der Waals surface area contributed by atoms with E-state index in [1.807, 2.05) is 53.0 Å². The minimum atomic E-state index is 0.628. The van der Waals surface area contributed by atoms with Gasteiger partial charge in [0.2, 0.25) is 0 Å². The molecule has 0 fully saturated rings. The maximum atomic E-state index is 4.49. The predicted octanol–water partition coefficient (Wildman–Crippen LogP) is 0.137. The molecule has 0 unspecified atom stereocenters. The van der Waals surface area contributed by atoms with E-state index in [0.29, 0.717) is 12.2 Å². The van der Waals surface area contributed by atoms with Gasteiger partial charge in [-0.05, 0) is 5.56 Å². The number of aromatic nitrogens is 2. The first kappa shape index (κ1) is 11.1. The molecule has 0 spiro atoms. The van der Waals surface area contributed by atoms with E-state index >= 15 is 0 Å². The maximum Gasteiger partial charge on any atom is 0.252 e. The third-order valence-corrected chi connectivity index (χ3v) is 3.41. The molecule has 0 saturated heterocycles. The highest BCUT2D eigenvalue weighted by Gasteiger charge is 2.18. The lowest BCUT2D eigenvalue weighted by Crippen LogP contribution is -2.35. The van der Waals surface area contributed by atoms with Gasteiger partial charge in [-0.2, -0.15) is 4.98 Å². The summed E-state index contributed by atoms with van der Waals surface area (Å²) in [4.78, 5) is 10.6. The van der Waals surface area contributed by atoms with Gasteiger partial charge in [0.25, 0.3) is 5.62 Å². The first-order valence-electron chi connectivity index (χ1n) is 6.36. The molecule has 20 heavy (non-hydrogen) atoms. The Balaban J connectivity index is 1.84. The second kappa shape index (κ2) is 4.12. The number of imidazole rings is 1. The number of fused-ring (bicyclic) bond motifs is 3. The molecule has 4 rings (SSSR count). The molecule has 2 aliphatic rings. The zero-order valence-electron chi connectivity index (χ0n) is 10.9. The van der Waals surface area contributed by atoms with Gasteiger partial charge in [0.1, 0.15) is 5.35 Å². The summed E-state index contributed by atoms with van der Waals surface area (Å²) in [6, 6.07) is 10.1. The molecule has 6 nitrogen and oxygen atoms in total. The van der Waals surface area contributed by atoms with Crippen molar-refractivity contribution < 1.29 is 0 Å². The SMILES string of the molecule is CN1C=NC=c2c1nc1n2CC(c2ccccc2)=NN=1. The lowest BCUT2D eigenvalue weighted by molar-refractivity contribution is 0.721. The van der Waals surface area contributed by atoms with Crippen molar-refractivity contribution in [2.75, 3.05) is 11.9 Å². The Morgan fingerprint density at radius 1 is 1.10 bits per heavy atom. The van der Waals surface area contributed by atoms with Crippen LogP contribution in [0.3, 0.4) is 0 Å². The van der Waals surface area contributed by atoms with Crippen LogP contribution in [0.1, 0.15) is 5.56 Å². The lowest BCUT2D eigenvalue weighted by atomic mass is 10.1. The zero-order valence-corrected chi connectivity index (χ0v) is 10.9. The van der Waals surface area contributed by atoms with Crippen molar-refractivity contribution in [2.45, 2.75) is 6.54 Å². The fourth-order valence-corrected chi connectivity index (χ4v) is 2.38. The minimum absolute atomic E-state index is 0.628. The smallest absolute Gasteiger partial charge is 0.252 e. The molecule has 0 radical (unpaired) electrons. The fraction of sp³-hybridized carbons (Fsp3) is 0.143. The quantitative estimate of drug-likeness (QED) is 0.735. The molecule has 0 amide bonds. The van der Waals surface area contributed by atoms with Gasteiger partial charge in [0.05, 0.1) is 24.8 Å². The van der Waals surface area contributed by atoms with Crippen LogP contribution >= 0.6 is 0 Å². The van der Waals surface area contributed by atoms with E-state index in [-0.39, 0.29) is 0 Å². The molecule has 2 aliphatic heterocycles. The van der Waals surface area contributed by atoms with Gasteiger partial charge in [-0.15, -0.1) is 10.2 Å². The average Bonchev–Trinajstić information content (AvgIpc) is 2.88. The third kappa shape index (κ3) is 1.58. The normalized spacial score (nSPS) is 15.8. The van der Waals surface area contributed by atoms with Gasteiger partial charge in [-0.3, -0.25) is 4.57 Å². The number of anilines is 1. The van der Waals surface area contributed by atoms with Crippen LogP contribution in [-0.2, 0) is 6.54 Å². The Morgan fingerprint density at radius 2 is 1.95 bits per heavy atom. The fourth-order valence-electron chi connectivity index (χ4n) is 2.38. The molecule has 2 aromatic rings. The highest BCUT2D eigenvalue weighted by Crippen LogP contribution is 2.07. The second-order valence-electron chi connectivity index (χ2n) is 4.72. The van der Waals surface area contributed by atoms with Crippen LogP contribution in [0.15, 0.2) is 45.5 Å². The summed E-state index contributed by atoms with van der Waals surface area (Å²) in [5.74, 6) is 0.864. The van der Waals surface area contributed by atoms with Crippen molar-refractivity contribution in [3.05, 3.63) is 46.9 Å². The standard InChI is InChI=1S/C14H12N6/c1-19-9-15-7-12-13(19)16-14-18-17-11(8-20(12)14)10-5-3-2-4-6-10/h2-7,9H,8H2,1H3. The van der Waals surface area contributed by atoms with E-state index < -0.39 is 0 Å². The summed E-state index contributed by atoms with van der Waals surface area (Å²) in [7, 11) is 1.92. The number of hydrogen-bond acceptors (Lipinski definition) is 5. The van der Waals surface area contributed by atoms with E-state index in [4.69, 9.17) is 0 Å². The van der Waals surface area contributed by atoms with Crippen LogP contribution in [0, 0.1) is 0 Å². The Morgan fingerprint density at radius 3 is 2.80 bits per heavy atom. The average molecular weight is 264 g/mol. The molecule has 0 aliphatic carbocycles. The van der Waals surface area contributed by atoms with Gasteiger partial charge in [-0.1, -0.05) is 30.3 Å². The van der Waals surface area contributed by atoms with Crippen molar-refractivity contribution in [3.8, 4) is 0 Å². The highest BCUT2D eigenvalue weighted by atomic mass is 15.3. The first-order chi connectivity index (χ1) is 9.83. The molecular weight excluding hydrogens is 252 g/mol. The Bertz CT molecular complexity index is 844. The monoisotopic (exact) mass is 264 g/mol.